The third-order valence-electron chi connectivity index (χ3n) is 2.67. The molecule has 5 nitrogen and oxygen atoms in total. The normalized spacial score (nSPS) is 18.5. The van der Waals surface area contributed by atoms with Gasteiger partial charge in [-0.2, -0.15) is 0 Å². The van der Waals surface area contributed by atoms with Gasteiger partial charge in [-0.15, -0.1) is 0 Å². The lowest BCUT2D eigenvalue weighted by atomic mass is 10.1. The zero-order chi connectivity index (χ0) is 12.3. The summed E-state index contributed by atoms with van der Waals surface area (Å²) in [5.41, 5.74) is 1.07. The molecule has 0 aromatic heterocycles. The molecule has 1 amide bonds. The van der Waals surface area contributed by atoms with Crippen molar-refractivity contribution < 1.29 is 19.0 Å². The molecule has 5 heteroatoms. The Kier molecular flexibility index (Phi) is 3.37. The van der Waals surface area contributed by atoms with Gasteiger partial charge in [0, 0.05) is 0 Å². The Balaban J connectivity index is 2.08. The molecular weight excluding hydrogens is 222 g/mol. The summed E-state index contributed by atoms with van der Waals surface area (Å²) >= 11 is 0. The molecule has 0 radical (unpaired) electrons. The summed E-state index contributed by atoms with van der Waals surface area (Å²) < 4.78 is 15.2. The molecule has 1 aliphatic heterocycles. The predicted octanol–water partition coefficient (Wildman–Crippen LogP) is 1.35. The molecule has 0 unspecified atom stereocenters. The highest BCUT2D eigenvalue weighted by Gasteiger charge is 2.22. The molecule has 1 aliphatic rings. The van der Waals surface area contributed by atoms with Crippen molar-refractivity contribution in [3.63, 3.8) is 0 Å². The highest BCUT2D eigenvalue weighted by Crippen LogP contribution is 2.28. The van der Waals surface area contributed by atoms with Crippen molar-refractivity contribution in [1.82, 2.24) is 5.32 Å². The lowest BCUT2D eigenvalue weighted by Crippen LogP contribution is -2.28. The highest BCUT2D eigenvalue weighted by atomic mass is 16.6. The maximum Gasteiger partial charge on any atom is 0.407 e. The molecule has 1 fully saturated rings. The highest BCUT2D eigenvalue weighted by molar-refractivity contribution is 5.69. The molecule has 1 saturated heterocycles. The SMILES string of the molecule is COc1ccc(C[C@H]2COC(=O)N2)cc1OC. The summed E-state index contributed by atoms with van der Waals surface area (Å²) in [6.07, 6.45) is 0.363. The van der Waals surface area contributed by atoms with E-state index in [0.717, 1.165) is 5.56 Å². The topological polar surface area (TPSA) is 56.8 Å². The van der Waals surface area contributed by atoms with Crippen LogP contribution in [0.1, 0.15) is 5.56 Å². The summed E-state index contributed by atoms with van der Waals surface area (Å²) in [6, 6.07) is 5.74. The number of alkyl carbamates (subject to hydrolysis) is 1. The van der Waals surface area contributed by atoms with Crippen molar-refractivity contribution in [1.29, 1.82) is 0 Å². The third kappa shape index (κ3) is 2.61. The van der Waals surface area contributed by atoms with E-state index in [1.807, 2.05) is 18.2 Å². The molecule has 1 N–H and O–H groups in total. The Morgan fingerprint density at radius 1 is 1.35 bits per heavy atom. The fourth-order valence-electron chi connectivity index (χ4n) is 1.83. The van der Waals surface area contributed by atoms with Gasteiger partial charge in [-0.1, -0.05) is 6.07 Å². The van der Waals surface area contributed by atoms with Crippen LogP contribution in [-0.2, 0) is 11.2 Å². The number of amides is 1. The number of nitrogens with one attached hydrogen (secondary N) is 1. The fourth-order valence-corrected chi connectivity index (χ4v) is 1.83. The van der Waals surface area contributed by atoms with Crippen LogP contribution in [-0.4, -0.2) is 33.0 Å². The molecule has 1 aromatic rings. The van der Waals surface area contributed by atoms with E-state index in [4.69, 9.17) is 14.2 Å². The fraction of sp³-hybridized carbons (Fsp3) is 0.417. The van der Waals surface area contributed by atoms with Gasteiger partial charge in [-0.05, 0) is 24.1 Å². The van der Waals surface area contributed by atoms with E-state index < -0.39 is 0 Å². The predicted molar refractivity (Wildman–Crippen MR) is 61.5 cm³/mol. The maximum absolute atomic E-state index is 10.9. The lowest BCUT2D eigenvalue weighted by Gasteiger charge is -2.11. The van der Waals surface area contributed by atoms with Gasteiger partial charge in [0.25, 0.3) is 0 Å². The van der Waals surface area contributed by atoms with Crippen LogP contribution in [0.2, 0.25) is 0 Å². The molecular formula is C12H15NO4. The third-order valence-corrected chi connectivity index (χ3v) is 2.67. The van der Waals surface area contributed by atoms with Gasteiger partial charge in [0.15, 0.2) is 11.5 Å². The van der Waals surface area contributed by atoms with Crippen LogP contribution in [0.4, 0.5) is 4.79 Å². The standard InChI is InChI=1S/C12H15NO4/c1-15-10-4-3-8(6-11(10)16-2)5-9-7-17-12(14)13-9/h3-4,6,9H,5,7H2,1-2H3,(H,13,14)/t9-/m0/s1. The van der Waals surface area contributed by atoms with Crippen LogP contribution in [0.5, 0.6) is 11.5 Å². The Hall–Kier alpha value is -1.91. The molecule has 1 heterocycles. The van der Waals surface area contributed by atoms with E-state index in [1.54, 1.807) is 14.2 Å². The summed E-state index contributed by atoms with van der Waals surface area (Å²) in [6.45, 7) is 0.410. The van der Waals surface area contributed by atoms with E-state index >= 15 is 0 Å². The molecule has 0 aliphatic carbocycles. The van der Waals surface area contributed by atoms with Gasteiger partial charge in [0.2, 0.25) is 0 Å². The number of methoxy groups -OCH3 is 2. The van der Waals surface area contributed by atoms with Gasteiger partial charge >= 0.3 is 6.09 Å². The minimum atomic E-state index is -0.351. The largest absolute Gasteiger partial charge is 0.493 e. The quantitative estimate of drug-likeness (QED) is 0.859. The zero-order valence-corrected chi connectivity index (χ0v) is 9.86. The number of rotatable bonds is 4. The number of carbonyl (C=O) groups is 1. The van der Waals surface area contributed by atoms with Crippen molar-refractivity contribution >= 4 is 6.09 Å². The average Bonchev–Trinajstić information content (AvgIpc) is 2.74. The van der Waals surface area contributed by atoms with Crippen LogP contribution in [0.3, 0.4) is 0 Å². The summed E-state index contributed by atoms with van der Waals surface area (Å²) in [4.78, 5) is 10.9. The monoisotopic (exact) mass is 237 g/mol. The van der Waals surface area contributed by atoms with Crippen molar-refractivity contribution in [3.8, 4) is 11.5 Å². The van der Waals surface area contributed by atoms with Crippen molar-refractivity contribution in [2.45, 2.75) is 12.5 Å². The van der Waals surface area contributed by atoms with Gasteiger partial charge in [0.1, 0.15) is 6.61 Å². The smallest absolute Gasteiger partial charge is 0.407 e. The van der Waals surface area contributed by atoms with Crippen LogP contribution in [0, 0.1) is 0 Å². The van der Waals surface area contributed by atoms with Gasteiger partial charge in [-0.25, -0.2) is 4.79 Å². The van der Waals surface area contributed by atoms with Crippen LogP contribution >= 0.6 is 0 Å². The van der Waals surface area contributed by atoms with Gasteiger partial charge < -0.3 is 19.5 Å². The van der Waals surface area contributed by atoms with E-state index in [-0.39, 0.29) is 12.1 Å². The lowest BCUT2D eigenvalue weighted by molar-refractivity contribution is 0.177. The van der Waals surface area contributed by atoms with Crippen LogP contribution in [0.25, 0.3) is 0 Å². The van der Waals surface area contributed by atoms with E-state index in [1.165, 1.54) is 0 Å². The Labute approximate surface area is 99.7 Å². The number of benzene rings is 1. The molecule has 92 valence electrons. The number of hydrogen-bond donors (Lipinski definition) is 1. The first-order chi connectivity index (χ1) is 8.22. The first-order valence-electron chi connectivity index (χ1n) is 5.37. The van der Waals surface area contributed by atoms with E-state index in [9.17, 15) is 4.79 Å². The van der Waals surface area contributed by atoms with Gasteiger partial charge in [-0.3, -0.25) is 0 Å². The summed E-state index contributed by atoms with van der Waals surface area (Å²) in [7, 11) is 3.20. The Morgan fingerprint density at radius 2 is 2.12 bits per heavy atom. The minimum Gasteiger partial charge on any atom is -0.493 e. The maximum atomic E-state index is 10.9. The molecule has 0 spiro atoms. The summed E-state index contributed by atoms with van der Waals surface area (Å²) in [5.74, 6) is 1.39. The van der Waals surface area contributed by atoms with E-state index in [0.29, 0.717) is 24.5 Å². The minimum absolute atomic E-state index is 0.0283. The molecule has 17 heavy (non-hydrogen) atoms. The second kappa shape index (κ2) is 4.95. The first kappa shape index (κ1) is 11.6. The van der Waals surface area contributed by atoms with Crippen LogP contribution < -0.4 is 14.8 Å². The van der Waals surface area contributed by atoms with Crippen LogP contribution in [0.15, 0.2) is 18.2 Å². The van der Waals surface area contributed by atoms with E-state index in [2.05, 4.69) is 5.32 Å². The number of cyclic esters (lactones) is 1. The average molecular weight is 237 g/mol. The summed E-state index contributed by atoms with van der Waals surface area (Å²) in [5, 5.41) is 2.74. The molecule has 1 atom stereocenters. The second-order valence-electron chi connectivity index (χ2n) is 3.83. The second-order valence-corrected chi connectivity index (χ2v) is 3.83. The first-order valence-corrected chi connectivity index (χ1v) is 5.37. The molecule has 1 aromatic carbocycles. The van der Waals surface area contributed by atoms with Crippen molar-refractivity contribution in [3.05, 3.63) is 23.8 Å². The van der Waals surface area contributed by atoms with Crippen molar-refractivity contribution in [2.24, 2.45) is 0 Å². The van der Waals surface area contributed by atoms with Crippen molar-refractivity contribution in [2.75, 3.05) is 20.8 Å². The van der Waals surface area contributed by atoms with Gasteiger partial charge in [0.05, 0.1) is 20.3 Å². The molecule has 2 rings (SSSR count). The number of ether oxygens (including phenoxy) is 3. The number of carbonyl (C=O) groups excluding carboxylic acids is 1. The number of hydrogen-bond acceptors (Lipinski definition) is 4. The zero-order valence-electron chi connectivity index (χ0n) is 9.86. The Morgan fingerprint density at radius 3 is 2.71 bits per heavy atom. The molecule has 0 saturated carbocycles. The molecule has 0 bridgehead atoms. The Bertz CT molecular complexity index is 419.